The smallest absolute Gasteiger partial charge is 0.166 e. The molecular formula is C10Cl2F12. The van der Waals surface area contributed by atoms with Gasteiger partial charge in [0.1, 0.15) is 0 Å². The number of hydrogen-bond acceptors (Lipinski definition) is 0. The third kappa shape index (κ3) is 3.79. The lowest BCUT2D eigenvalue weighted by atomic mass is 9.95. The van der Waals surface area contributed by atoms with Crippen molar-refractivity contribution in [2.75, 3.05) is 0 Å². The highest BCUT2D eigenvalue weighted by Crippen LogP contribution is 2.55. The predicted octanol–water partition coefficient (Wildman–Crippen LogP) is 7.07. The zero-order valence-electron chi connectivity index (χ0n) is 10.3. The summed E-state index contributed by atoms with van der Waals surface area (Å²) in [5.41, 5.74) is -12.9. The number of hydrogen-bond donors (Lipinski definition) is 0. The van der Waals surface area contributed by atoms with E-state index in [1.807, 2.05) is 0 Å². The molecule has 0 bridgehead atoms. The summed E-state index contributed by atoms with van der Waals surface area (Å²) in [7, 11) is 0. The van der Waals surface area contributed by atoms with Crippen LogP contribution in [-0.2, 0) is 24.7 Å². The van der Waals surface area contributed by atoms with Crippen molar-refractivity contribution in [3.8, 4) is 0 Å². The Hall–Kier alpha value is -1.04. The number of halogens is 14. The van der Waals surface area contributed by atoms with Crippen LogP contribution in [0.2, 0.25) is 10.0 Å². The molecule has 0 aliphatic heterocycles. The van der Waals surface area contributed by atoms with E-state index < -0.39 is 57.0 Å². The molecule has 0 aliphatic rings. The van der Waals surface area contributed by atoms with E-state index in [2.05, 4.69) is 0 Å². The fourth-order valence-corrected chi connectivity index (χ4v) is 2.61. The Balaban J connectivity index is 4.31. The van der Waals surface area contributed by atoms with E-state index in [1.165, 1.54) is 0 Å². The van der Waals surface area contributed by atoms with Crippen LogP contribution in [0.3, 0.4) is 0 Å². The van der Waals surface area contributed by atoms with Crippen LogP contribution in [0.25, 0.3) is 0 Å². The Morgan fingerprint density at radius 1 is 0.375 bits per heavy atom. The molecule has 0 saturated heterocycles. The van der Waals surface area contributed by atoms with Crippen LogP contribution in [0.1, 0.15) is 22.3 Å². The van der Waals surface area contributed by atoms with Gasteiger partial charge in [0.2, 0.25) is 0 Å². The standard InChI is InChI=1S/C10Cl2F12/c11-5-2(8(16,17)18)1(7(13,14)15)3(9(19,20)21)6(12)4(5)10(22,23)24. The molecule has 0 N–H and O–H groups in total. The van der Waals surface area contributed by atoms with E-state index >= 15 is 0 Å². The molecule has 0 unspecified atom stereocenters. The van der Waals surface area contributed by atoms with Crippen molar-refractivity contribution >= 4 is 23.2 Å². The molecule has 0 spiro atoms. The Bertz CT molecular complexity index is 605. The molecule has 0 aromatic heterocycles. The van der Waals surface area contributed by atoms with E-state index in [4.69, 9.17) is 23.2 Å². The van der Waals surface area contributed by atoms with Gasteiger partial charge in [-0.2, -0.15) is 52.7 Å². The first-order valence-corrected chi connectivity index (χ1v) is 5.90. The molecule has 0 amide bonds. The highest BCUT2D eigenvalue weighted by atomic mass is 35.5. The van der Waals surface area contributed by atoms with Gasteiger partial charge in [-0.1, -0.05) is 23.2 Å². The summed E-state index contributed by atoms with van der Waals surface area (Å²) in [6, 6.07) is 0. The first-order chi connectivity index (χ1) is 10.3. The summed E-state index contributed by atoms with van der Waals surface area (Å²) >= 11 is 9.45. The summed E-state index contributed by atoms with van der Waals surface area (Å²) in [5, 5.41) is -5.25. The minimum Gasteiger partial charge on any atom is -0.166 e. The first kappa shape index (κ1) is 21.0. The molecule has 24 heavy (non-hydrogen) atoms. The highest BCUT2D eigenvalue weighted by Gasteiger charge is 2.56. The second kappa shape index (κ2) is 5.75. The fraction of sp³-hybridized carbons (Fsp3) is 0.400. The summed E-state index contributed by atoms with van der Waals surface area (Å²) in [6.45, 7) is 0. The van der Waals surface area contributed by atoms with E-state index in [1.54, 1.807) is 0 Å². The predicted molar refractivity (Wildman–Crippen MR) is 56.5 cm³/mol. The molecule has 1 rings (SSSR count). The van der Waals surface area contributed by atoms with Crippen molar-refractivity contribution in [2.24, 2.45) is 0 Å². The average Bonchev–Trinajstić information content (AvgIpc) is 2.20. The quantitative estimate of drug-likeness (QED) is 0.395. The Labute approximate surface area is 133 Å². The molecule has 0 fully saturated rings. The summed E-state index contributed by atoms with van der Waals surface area (Å²) in [6.07, 6.45) is -24.9. The topological polar surface area (TPSA) is 0 Å². The molecule has 0 radical (unpaired) electrons. The Morgan fingerprint density at radius 3 is 0.750 bits per heavy atom. The van der Waals surface area contributed by atoms with Gasteiger partial charge in [0.25, 0.3) is 0 Å². The maximum absolute atomic E-state index is 12.8. The summed E-state index contributed by atoms with van der Waals surface area (Å²) in [4.78, 5) is 0. The largest absolute Gasteiger partial charge is 0.419 e. The van der Waals surface area contributed by atoms with Gasteiger partial charge in [0.15, 0.2) is 0 Å². The number of alkyl halides is 12. The molecule has 138 valence electrons. The molecule has 1 aromatic carbocycles. The second-order valence-electron chi connectivity index (χ2n) is 4.12. The maximum atomic E-state index is 12.8. The van der Waals surface area contributed by atoms with Gasteiger partial charge < -0.3 is 0 Å². The van der Waals surface area contributed by atoms with Crippen LogP contribution in [0.5, 0.6) is 0 Å². The molecule has 14 heteroatoms. The third-order valence-corrected chi connectivity index (χ3v) is 3.27. The molecule has 0 saturated carbocycles. The van der Waals surface area contributed by atoms with E-state index in [9.17, 15) is 52.7 Å². The van der Waals surface area contributed by atoms with Crippen molar-refractivity contribution in [1.82, 2.24) is 0 Å². The van der Waals surface area contributed by atoms with Gasteiger partial charge in [-0.05, 0) is 0 Å². The van der Waals surface area contributed by atoms with Crippen molar-refractivity contribution in [3.63, 3.8) is 0 Å². The highest BCUT2D eigenvalue weighted by molar-refractivity contribution is 6.37. The van der Waals surface area contributed by atoms with Crippen LogP contribution >= 0.6 is 23.2 Å². The second-order valence-corrected chi connectivity index (χ2v) is 4.87. The number of rotatable bonds is 0. The molecular weight excluding hydrogens is 419 g/mol. The molecule has 1 aromatic rings. The zero-order chi connectivity index (χ0) is 19.5. The van der Waals surface area contributed by atoms with Crippen molar-refractivity contribution in [3.05, 3.63) is 32.3 Å². The van der Waals surface area contributed by atoms with Crippen molar-refractivity contribution < 1.29 is 52.7 Å². The van der Waals surface area contributed by atoms with Gasteiger partial charge >= 0.3 is 24.7 Å². The van der Waals surface area contributed by atoms with Crippen LogP contribution in [0, 0.1) is 0 Å². The third-order valence-electron chi connectivity index (χ3n) is 2.51. The summed E-state index contributed by atoms with van der Waals surface area (Å²) < 4.78 is 153. The maximum Gasteiger partial charge on any atom is 0.419 e. The lowest BCUT2D eigenvalue weighted by Gasteiger charge is -2.25. The van der Waals surface area contributed by atoms with E-state index in [0.29, 0.717) is 0 Å². The molecule has 0 aliphatic carbocycles. The minimum absolute atomic E-state index is 2.62. The SMILES string of the molecule is FC(F)(F)c1c(Cl)c(C(F)(F)F)c(C(F)(F)F)c(C(F)(F)F)c1Cl. The van der Waals surface area contributed by atoms with Gasteiger partial charge in [-0.25, -0.2) is 0 Å². The fourth-order valence-electron chi connectivity index (χ4n) is 1.76. The van der Waals surface area contributed by atoms with Crippen molar-refractivity contribution in [2.45, 2.75) is 24.7 Å². The zero-order valence-corrected chi connectivity index (χ0v) is 11.8. The van der Waals surface area contributed by atoms with Crippen LogP contribution in [0.15, 0.2) is 0 Å². The van der Waals surface area contributed by atoms with E-state index in [0.717, 1.165) is 0 Å². The van der Waals surface area contributed by atoms with Crippen LogP contribution < -0.4 is 0 Å². The summed E-state index contributed by atoms with van der Waals surface area (Å²) in [5.74, 6) is 0. The minimum atomic E-state index is -6.34. The molecule has 0 nitrogen and oxygen atoms in total. The van der Waals surface area contributed by atoms with Gasteiger partial charge in [-0.3, -0.25) is 0 Å². The molecule has 0 atom stereocenters. The molecule has 0 heterocycles. The van der Waals surface area contributed by atoms with Crippen LogP contribution in [0.4, 0.5) is 52.7 Å². The normalized spacial score (nSPS) is 14.2. The first-order valence-electron chi connectivity index (χ1n) is 5.15. The monoisotopic (exact) mass is 418 g/mol. The van der Waals surface area contributed by atoms with Gasteiger partial charge in [0.05, 0.1) is 32.3 Å². The van der Waals surface area contributed by atoms with Crippen LogP contribution in [-0.4, -0.2) is 0 Å². The lowest BCUT2D eigenvalue weighted by molar-refractivity contribution is -0.176. The Morgan fingerprint density at radius 2 is 0.583 bits per heavy atom. The number of benzene rings is 1. The van der Waals surface area contributed by atoms with Gasteiger partial charge in [-0.15, -0.1) is 0 Å². The van der Waals surface area contributed by atoms with Gasteiger partial charge in [0, 0.05) is 0 Å². The average molecular weight is 419 g/mol. The lowest BCUT2D eigenvalue weighted by Crippen LogP contribution is -2.26. The Kier molecular flexibility index (Phi) is 5.03. The van der Waals surface area contributed by atoms with Crippen molar-refractivity contribution in [1.29, 1.82) is 0 Å². The van der Waals surface area contributed by atoms with E-state index in [-0.39, 0.29) is 0 Å².